The van der Waals surface area contributed by atoms with E-state index < -0.39 is 18.5 Å². The minimum Gasteiger partial charge on any atom is -0.244 e. The van der Waals surface area contributed by atoms with E-state index in [1.54, 1.807) is 0 Å². The summed E-state index contributed by atoms with van der Waals surface area (Å²) in [6.45, 7) is 1.88. The first-order valence-corrected chi connectivity index (χ1v) is 4.07. The molecule has 0 aliphatic heterocycles. The Hall–Kier alpha value is -0.210. The highest BCUT2D eigenvalue weighted by molar-refractivity contribution is 4.86. The van der Waals surface area contributed by atoms with E-state index >= 15 is 0 Å². The van der Waals surface area contributed by atoms with Gasteiger partial charge in [0.15, 0.2) is 6.17 Å². The van der Waals surface area contributed by atoms with Gasteiger partial charge >= 0.3 is 0 Å². The van der Waals surface area contributed by atoms with Crippen LogP contribution in [0.4, 0.5) is 13.2 Å². The van der Waals surface area contributed by atoms with Crippen molar-refractivity contribution < 1.29 is 13.2 Å². The fraction of sp³-hybridized carbons (Fsp3) is 1.00. The maximum Gasteiger partial charge on any atom is 0.162 e. The Morgan fingerprint density at radius 3 is 1.91 bits per heavy atom. The summed E-state index contributed by atoms with van der Waals surface area (Å²) in [5.41, 5.74) is 0. The van der Waals surface area contributed by atoms with Crippen LogP contribution in [0.2, 0.25) is 0 Å². The minimum absolute atomic E-state index is 0.0343. The SMILES string of the molecule is CCC1CC(F)C(F)C(F)C1. The fourth-order valence-electron chi connectivity index (χ4n) is 1.55. The molecule has 3 heteroatoms. The van der Waals surface area contributed by atoms with E-state index in [1.165, 1.54) is 0 Å². The lowest BCUT2D eigenvalue weighted by Gasteiger charge is -2.29. The second kappa shape index (κ2) is 3.46. The van der Waals surface area contributed by atoms with Gasteiger partial charge in [-0.3, -0.25) is 0 Å². The molecule has 0 nitrogen and oxygen atoms in total. The Labute approximate surface area is 64.8 Å². The second-order valence-corrected chi connectivity index (χ2v) is 3.22. The summed E-state index contributed by atoms with van der Waals surface area (Å²) in [5, 5.41) is 0. The van der Waals surface area contributed by atoms with Crippen LogP contribution in [0.3, 0.4) is 0 Å². The average Bonchev–Trinajstić information content (AvgIpc) is 1.99. The van der Waals surface area contributed by atoms with Gasteiger partial charge in [-0.15, -0.1) is 0 Å². The Kier molecular flexibility index (Phi) is 2.79. The molecular weight excluding hydrogens is 153 g/mol. The highest BCUT2D eigenvalue weighted by Crippen LogP contribution is 2.32. The maximum absolute atomic E-state index is 12.6. The van der Waals surface area contributed by atoms with Gasteiger partial charge in [-0.05, 0) is 18.8 Å². The van der Waals surface area contributed by atoms with Gasteiger partial charge in [0.1, 0.15) is 12.3 Å². The fourth-order valence-corrected chi connectivity index (χ4v) is 1.55. The largest absolute Gasteiger partial charge is 0.244 e. The van der Waals surface area contributed by atoms with Crippen LogP contribution >= 0.6 is 0 Å². The Balaban J connectivity index is 2.47. The third kappa shape index (κ3) is 1.88. The Morgan fingerprint density at radius 2 is 1.55 bits per heavy atom. The third-order valence-electron chi connectivity index (χ3n) is 2.39. The van der Waals surface area contributed by atoms with Crippen LogP contribution in [-0.2, 0) is 0 Å². The molecule has 0 saturated heterocycles. The number of halogens is 3. The summed E-state index contributed by atoms with van der Waals surface area (Å²) >= 11 is 0. The quantitative estimate of drug-likeness (QED) is 0.562. The molecule has 1 aliphatic carbocycles. The summed E-state index contributed by atoms with van der Waals surface area (Å²) in [5.74, 6) is 0.0343. The lowest BCUT2D eigenvalue weighted by molar-refractivity contribution is 0.0172. The first-order chi connectivity index (χ1) is 5.15. The zero-order valence-electron chi connectivity index (χ0n) is 6.56. The highest BCUT2D eigenvalue weighted by atomic mass is 19.2. The molecule has 1 saturated carbocycles. The zero-order valence-corrected chi connectivity index (χ0v) is 6.56. The molecule has 1 fully saturated rings. The first kappa shape index (κ1) is 8.88. The van der Waals surface area contributed by atoms with Crippen molar-refractivity contribution in [2.75, 3.05) is 0 Å². The van der Waals surface area contributed by atoms with Crippen molar-refractivity contribution in [1.29, 1.82) is 0 Å². The molecule has 0 aromatic heterocycles. The van der Waals surface area contributed by atoms with E-state index in [4.69, 9.17) is 0 Å². The molecule has 0 amide bonds. The summed E-state index contributed by atoms with van der Waals surface area (Å²) in [7, 11) is 0. The minimum atomic E-state index is -1.88. The molecule has 0 bridgehead atoms. The molecule has 2 atom stereocenters. The predicted molar refractivity (Wildman–Crippen MR) is 37.7 cm³/mol. The Morgan fingerprint density at radius 1 is 1.09 bits per heavy atom. The van der Waals surface area contributed by atoms with Crippen molar-refractivity contribution in [1.82, 2.24) is 0 Å². The van der Waals surface area contributed by atoms with E-state index in [1.807, 2.05) is 6.92 Å². The van der Waals surface area contributed by atoms with Gasteiger partial charge in [-0.25, -0.2) is 13.2 Å². The highest BCUT2D eigenvalue weighted by Gasteiger charge is 2.37. The van der Waals surface area contributed by atoms with Crippen molar-refractivity contribution >= 4 is 0 Å². The predicted octanol–water partition coefficient (Wildman–Crippen LogP) is 2.82. The van der Waals surface area contributed by atoms with Crippen LogP contribution in [0.1, 0.15) is 26.2 Å². The molecule has 1 aliphatic rings. The van der Waals surface area contributed by atoms with Gasteiger partial charge in [-0.2, -0.15) is 0 Å². The molecule has 0 aromatic carbocycles. The van der Waals surface area contributed by atoms with Gasteiger partial charge in [0.05, 0.1) is 0 Å². The molecule has 1 rings (SSSR count). The molecule has 0 spiro atoms. The number of hydrogen-bond acceptors (Lipinski definition) is 0. The summed E-state index contributed by atoms with van der Waals surface area (Å²) in [6.07, 6.45) is -3.91. The topological polar surface area (TPSA) is 0 Å². The maximum atomic E-state index is 12.6. The summed E-state index contributed by atoms with van der Waals surface area (Å²) in [4.78, 5) is 0. The van der Waals surface area contributed by atoms with Crippen LogP contribution < -0.4 is 0 Å². The molecule has 0 heterocycles. The normalized spacial score (nSPS) is 45.8. The molecular formula is C8H13F3. The van der Waals surface area contributed by atoms with Gasteiger partial charge in [0, 0.05) is 0 Å². The lowest BCUT2D eigenvalue weighted by atomic mass is 9.84. The van der Waals surface area contributed by atoms with Gasteiger partial charge < -0.3 is 0 Å². The molecule has 0 radical (unpaired) electrons. The van der Waals surface area contributed by atoms with E-state index in [9.17, 15) is 13.2 Å². The molecule has 0 N–H and O–H groups in total. The first-order valence-electron chi connectivity index (χ1n) is 4.07. The van der Waals surface area contributed by atoms with Crippen LogP contribution in [0.25, 0.3) is 0 Å². The van der Waals surface area contributed by atoms with Gasteiger partial charge in [0.2, 0.25) is 0 Å². The van der Waals surface area contributed by atoms with Crippen molar-refractivity contribution in [3.63, 3.8) is 0 Å². The summed E-state index contributed by atoms with van der Waals surface area (Å²) in [6, 6.07) is 0. The molecule has 2 unspecified atom stereocenters. The zero-order chi connectivity index (χ0) is 8.43. The van der Waals surface area contributed by atoms with Crippen molar-refractivity contribution in [2.45, 2.75) is 44.7 Å². The number of alkyl halides is 3. The van der Waals surface area contributed by atoms with Crippen molar-refractivity contribution in [2.24, 2.45) is 5.92 Å². The van der Waals surface area contributed by atoms with Crippen LogP contribution in [-0.4, -0.2) is 18.5 Å². The van der Waals surface area contributed by atoms with E-state index in [0.717, 1.165) is 6.42 Å². The molecule has 66 valence electrons. The van der Waals surface area contributed by atoms with Crippen LogP contribution in [0.15, 0.2) is 0 Å². The number of rotatable bonds is 1. The van der Waals surface area contributed by atoms with E-state index in [2.05, 4.69) is 0 Å². The van der Waals surface area contributed by atoms with Gasteiger partial charge in [0.25, 0.3) is 0 Å². The van der Waals surface area contributed by atoms with Gasteiger partial charge in [-0.1, -0.05) is 13.3 Å². The van der Waals surface area contributed by atoms with Crippen molar-refractivity contribution in [3.8, 4) is 0 Å². The Bertz CT molecular complexity index is 115. The summed E-state index contributed by atoms with van der Waals surface area (Å²) < 4.78 is 37.8. The lowest BCUT2D eigenvalue weighted by Crippen LogP contribution is -2.36. The third-order valence-corrected chi connectivity index (χ3v) is 2.39. The van der Waals surface area contributed by atoms with Crippen LogP contribution in [0.5, 0.6) is 0 Å². The monoisotopic (exact) mass is 166 g/mol. The van der Waals surface area contributed by atoms with E-state index in [0.29, 0.717) is 0 Å². The van der Waals surface area contributed by atoms with E-state index in [-0.39, 0.29) is 18.8 Å². The smallest absolute Gasteiger partial charge is 0.162 e. The molecule has 11 heavy (non-hydrogen) atoms. The standard InChI is InChI=1S/C8H13F3/c1-2-5-3-6(9)8(11)7(10)4-5/h5-8H,2-4H2,1H3. The van der Waals surface area contributed by atoms with Crippen LogP contribution in [0, 0.1) is 5.92 Å². The van der Waals surface area contributed by atoms with Crippen molar-refractivity contribution in [3.05, 3.63) is 0 Å². The second-order valence-electron chi connectivity index (χ2n) is 3.22. The average molecular weight is 166 g/mol. The number of hydrogen-bond donors (Lipinski definition) is 0. The molecule has 0 aromatic rings.